The Balaban J connectivity index is 1.85. The second-order valence-electron chi connectivity index (χ2n) is 8.18. The van der Waals surface area contributed by atoms with Crippen LogP contribution in [0.15, 0.2) is 72.8 Å². The quantitative estimate of drug-likeness (QED) is 0.380. The molecule has 4 nitrogen and oxygen atoms in total. The Bertz CT molecular complexity index is 1080. The molecule has 0 saturated carbocycles. The molecule has 3 rings (SSSR count). The molecule has 0 aliphatic carbocycles. The highest BCUT2D eigenvalue weighted by Gasteiger charge is 2.22. The molecular formula is C28H31NO3S. The average molecular weight is 462 g/mol. The van der Waals surface area contributed by atoms with Gasteiger partial charge >= 0.3 is 5.97 Å². The number of aliphatic carboxylic acids is 1. The number of carbonyl (C=O) groups excluding carboxylic acids is 1. The van der Waals surface area contributed by atoms with Crippen molar-refractivity contribution in [1.82, 2.24) is 5.32 Å². The number of carboxylic acids is 1. The second-order valence-corrected chi connectivity index (χ2v) is 9.17. The maximum Gasteiger partial charge on any atom is 0.326 e. The van der Waals surface area contributed by atoms with Crippen LogP contribution in [0.2, 0.25) is 0 Å². The van der Waals surface area contributed by atoms with E-state index in [0.29, 0.717) is 17.7 Å². The maximum absolute atomic E-state index is 13.2. The van der Waals surface area contributed by atoms with Crippen molar-refractivity contribution in [3.8, 4) is 11.1 Å². The third-order valence-electron chi connectivity index (χ3n) is 5.75. The third kappa shape index (κ3) is 6.96. The summed E-state index contributed by atoms with van der Waals surface area (Å²) >= 11 is 1.57. The number of rotatable bonds is 11. The molecule has 0 bridgehead atoms. The molecule has 0 aliphatic heterocycles. The molecule has 3 aromatic carbocycles. The van der Waals surface area contributed by atoms with Gasteiger partial charge in [0.2, 0.25) is 0 Å². The number of carboxylic acid groups (broad SMARTS) is 1. The van der Waals surface area contributed by atoms with Crippen LogP contribution in [0.4, 0.5) is 0 Å². The van der Waals surface area contributed by atoms with Gasteiger partial charge in [-0.1, -0.05) is 66.7 Å². The zero-order chi connectivity index (χ0) is 23.6. The van der Waals surface area contributed by atoms with E-state index in [2.05, 4.69) is 35.6 Å². The highest BCUT2D eigenvalue weighted by Crippen LogP contribution is 2.29. The molecular weight excluding hydrogens is 430 g/mol. The molecule has 1 unspecified atom stereocenters. The van der Waals surface area contributed by atoms with E-state index >= 15 is 0 Å². The first-order chi connectivity index (χ1) is 16.0. The number of nitrogens with one attached hydrogen (secondary N) is 1. The van der Waals surface area contributed by atoms with Crippen molar-refractivity contribution in [2.75, 3.05) is 12.0 Å². The van der Waals surface area contributed by atoms with E-state index in [1.165, 1.54) is 5.56 Å². The van der Waals surface area contributed by atoms with E-state index < -0.39 is 12.0 Å². The van der Waals surface area contributed by atoms with E-state index in [1.807, 2.05) is 55.6 Å². The van der Waals surface area contributed by atoms with Crippen LogP contribution >= 0.6 is 11.8 Å². The maximum atomic E-state index is 13.2. The number of hydrogen-bond donors (Lipinski definition) is 2. The summed E-state index contributed by atoms with van der Waals surface area (Å²) < 4.78 is 0. The molecule has 0 aromatic heterocycles. The van der Waals surface area contributed by atoms with Crippen LogP contribution < -0.4 is 5.32 Å². The Hall–Kier alpha value is -3.05. The number of benzene rings is 3. The second kappa shape index (κ2) is 12.3. The van der Waals surface area contributed by atoms with Crippen molar-refractivity contribution in [3.05, 3.63) is 95.1 Å². The van der Waals surface area contributed by atoms with Gasteiger partial charge in [-0.25, -0.2) is 4.79 Å². The van der Waals surface area contributed by atoms with Gasteiger partial charge < -0.3 is 10.4 Å². The molecule has 0 spiro atoms. The molecule has 0 fully saturated rings. The summed E-state index contributed by atoms with van der Waals surface area (Å²) in [5, 5.41) is 12.3. The fourth-order valence-electron chi connectivity index (χ4n) is 3.91. The van der Waals surface area contributed by atoms with Gasteiger partial charge in [0.1, 0.15) is 6.04 Å². The van der Waals surface area contributed by atoms with Crippen LogP contribution in [-0.2, 0) is 17.6 Å². The minimum atomic E-state index is -1.01. The van der Waals surface area contributed by atoms with Gasteiger partial charge in [0.15, 0.2) is 0 Å². The van der Waals surface area contributed by atoms with E-state index in [9.17, 15) is 14.7 Å². The van der Waals surface area contributed by atoms with E-state index in [-0.39, 0.29) is 5.91 Å². The van der Waals surface area contributed by atoms with Gasteiger partial charge in [0.05, 0.1) is 0 Å². The molecule has 0 radical (unpaired) electrons. The first kappa shape index (κ1) is 24.6. The number of hydrogen-bond acceptors (Lipinski definition) is 3. The number of amides is 1. The third-order valence-corrected chi connectivity index (χ3v) is 6.40. The normalized spacial score (nSPS) is 11.7. The summed E-state index contributed by atoms with van der Waals surface area (Å²) in [6.07, 6.45) is 5.23. The van der Waals surface area contributed by atoms with Gasteiger partial charge in [0, 0.05) is 5.56 Å². The fraction of sp³-hybridized carbons (Fsp3) is 0.286. The minimum absolute atomic E-state index is 0.349. The average Bonchev–Trinajstić information content (AvgIpc) is 2.82. The summed E-state index contributed by atoms with van der Waals surface area (Å²) in [5.41, 5.74) is 5.90. The lowest BCUT2D eigenvalue weighted by Crippen LogP contribution is -2.41. The predicted molar refractivity (Wildman–Crippen MR) is 137 cm³/mol. The Kier molecular flexibility index (Phi) is 9.14. The fourth-order valence-corrected chi connectivity index (χ4v) is 4.38. The highest BCUT2D eigenvalue weighted by atomic mass is 32.2. The van der Waals surface area contributed by atoms with Crippen molar-refractivity contribution in [2.24, 2.45) is 0 Å². The SMILES string of the molecule is CSCCC(NC(=O)c1ccc(CCCc2ccccc2)cc1-c1ccccc1C)C(=O)O. The smallest absolute Gasteiger partial charge is 0.326 e. The van der Waals surface area contributed by atoms with Crippen LogP contribution in [0, 0.1) is 6.92 Å². The summed E-state index contributed by atoms with van der Waals surface area (Å²) in [7, 11) is 0. The molecule has 5 heteroatoms. The van der Waals surface area contributed by atoms with Gasteiger partial charge in [-0.2, -0.15) is 11.8 Å². The van der Waals surface area contributed by atoms with Crippen molar-refractivity contribution in [3.63, 3.8) is 0 Å². The lowest BCUT2D eigenvalue weighted by atomic mass is 9.92. The van der Waals surface area contributed by atoms with Crippen LogP contribution in [0.5, 0.6) is 0 Å². The molecule has 3 aromatic rings. The van der Waals surface area contributed by atoms with E-state index in [1.54, 1.807) is 11.8 Å². The lowest BCUT2D eigenvalue weighted by Gasteiger charge is -2.17. The van der Waals surface area contributed by atoms with Gasteiger partial charge in [-0.3, -0.25) is 4.79 Å². The monoisotopic (exact) mass is 461 g/mol. The van der Waals surface area contributed by atoms with Crippen molar-refractivity contribution < 1.29 is 14.7 Å². The van der Waals surface area contributed by atoms with Gasteiger partial charge in [0.25, 0.3) is 5.91 Å². The Morgan fingerprint density at radius 2 is 1.61 bits per heavy atom. The zero-order valence-corrected chi connectivity index (χ0v) is 20.0. The first-order valence-electron chi connectivity index (χ1n) is 11.2. The molecule has 0 heterocycles. The number of carbonyl (C=O) groups is 2. The van der Waals surface area contributed by atoms with Crippen molar-refractivity contribution in [1.29, 1.82) is 0 Å². The van der Waals surface area contributed by atoms with E-state index in [4.69, 9.17) is 0 Å². The summed E-state index contributed by atoms with van der Waals surface area (Å²) in [4.78, 5) is 24.8. The van der Waals surface area contributed by atoms with Crippen molar-refractivity contribution in [2.45, 2.75) is 38.6 Å². The van der Waals surface area contributed by atoms with Crippen LogP contribution in [0.1, 0.15) is 39.9 Å². The van der Waals surface area contributed by atoms with E-state index in [0.717, 1.165) is 41.5 Å². The van der Waals surface area contributed by atoms with Crippen LogP contribution in [0.25, 0.3) is 11.1 Å². The molecule has 33 heavy (non-hydrogen) atoms. The van der Waals surface area contributed by atoms with Crippen LogP contribution in [0.3, 0.4) is 0 Å². The topological polar surface area (TPSA) is 66.4 Å². The largest absolute Gasteiger partial charge is 0.480 e. The lowest BCUT2D eigenvalue weighted by molar-refractivity contribution is -0.139. The Morgan fingerprint density at radius 1 is 0.909 bits per heavy atom. The molecule has 172 valence electrons. The Labute approximate surface area is 200 Å². The highest BCUT2D eigenvalue weighted by molar-refractivity contribution is 7.98. The molecule has 1 amide bonds. The number of thioether (sulfide) groups is 1. The summed E-state index contributed by atoms with van der Waals surface area (Å²) in [6, 6.07) is 23.4. The standard InChI is InChI=1S/C28H31NO3S/c1-20-9-6-7-14-23(20)25-19-22(13-8-12-21-10-4-3-5-11-21)15-16-24(25)27(30)29-26(28(31)32)17-18-33-2/h3-7,9-11,14-16,19,26H,8,12-13,17-18H2,1-2H3,(H,29,30)(H,31,32). The molecule has 0 saturated heterocycles. The van der Waals surface area contributed by atoms with Crippen molar-refractivity contribution >= 4 is 23.6 Å². The first-order valence-corrected chi connectivity index (χ1v) is 12.6. The van der Waals surface area contributed by atoms with Gasteiger partial charge in [-0.15, -0.1) is 0 Å². The summed E-state index contributed by atoms with van der Waals surface area (Å²) in [6.45, 7) is 2.03. The van der Waals surface area contributed by atoms with Crippen LogP contribution in [-0.4, -0.2) is 35.0 Å². The summed E-state index contributed by atoms with van der Waals surface area (Å²) in [5.74, 6) is -0.688. The predicted octanol–water partition coefficient (Wildman–Crippen LogP) is 5.77. The van der Waals surface area contributed by atoms with Gasteiger partial charge in [-0.05, 0) is 78.5 Å². The number of aryl methyl sites for hydroxylation is 3. The molecule has 2 N–H and O–H groups in total. The molecule has 0 aliphatic rings. The Morgan fingerprint density at radius 3 is 2.30 bits per heavy atom. The zero-order valence-electron chi connectivity index (χ0n) is 19.2. The minimum Gasteiger partial charge on any atom is -0.480 e. The molecule has 1 atom stereocenters.